The summed E-state index contributed by atoms with van der Waals surface area (Å²) in [5.41, 5.74) is 0. The number of amides is 1. The summed E-state index contributed by atoms with van der Waals surface area (Å²) in [6.45, 7) is 0.621. The average molecular weight is 374 g/mol. The van der Waals surface area contributed by atoms with E-state index in [1.165, 1.54) is 7.05 Å². The fourth-order valence-electron chi connectivity index (χ4n) is 2.93. The monoisotopic (exact) mass is 374 g/mol. The molecule has 0 aromatic carbocycles. The normalized spacial score (nSPS) is 20.6. The SMILES string of the molecule is CNC(=O)CC1CN(CC(=O)O)CCN(CC(=O)O)CCN1CC(=O)O. The zero-order valence-electron chi connectivity index (χ0n) is 14.8. The first kappa shape index (κ1) is 21.8. The maximum Gasteiger partial charge on any atom is 0.317 e. The molecule has 1 unspecified atom stereocenters. The van der Waals surface area contributed by atoms with E-state index in [0.717, 1.165) is 0 Å². The van der Waals surface area contributed by atoms with Crippen molar-refractivity contribution in [1.29, 1.82) is 0 Å². The fraction of sp³-hybridized carbons (Fsp3) is 0.733. The lowest BCUT2D eigenvalue weighted by Crippen LogP contribution is -2.49. The highest BCUT2D eigenvalue weighted by atomic mass is 16.4. The molecule has 0 saturated carbocycles. The van der Waals surface area contributed by atoms with Crippen LogP contribution in [0.15, 0.2) is 0 Å². The van der Waals surface area contributed by atoms with Crippen molar-refractivity contribution in [2.24, 2.45) is 0 Å². The van der Waals surface area contributed by atoms with Gasteiger partial charge in [0.15, 0.2) is 0 Å². The van der Waals surface area contributed by atoms with Gasteiger partial charge in [-0.15, -0.1) is 0 Å². The number of aliphatic carboxylic acids is 3. The van der Waals surface area contributed by atoms with Crippen LogP contribution in [-0.2, 0) is 19.2 Å². The average Bonchev–Trinajstić information content (AvgIpc) is 2.59. The third-order valence-electron chi connectivity index (χ3n) is 4.18. The molecule has 1 heterocycles. The van der Waals surface area contributed by atoms with Crippen LogP contribution >= 0.6 is 0 Å². The molecular weight excluding hydrogens is 348 g/mol. The number of carboxylic acid groups (broad SMARTS) is 3. The molecule has 1 aliphatic heterocycles. The van der Waals surface area contributed by atoms with Crippen molar-refractivity contribution in [2.75, 3.05) is 59.4 Å². The van der Waals surface area contributed by atoms with Gasteiger partial charge in [0.25, 0.3) is 0 Å². The van der Waals surface area contributed by atoms with Crippen LogP contribution in [0.1, 0.15) is 6.42 Å². The van der Waals surface area contributed by atoms with Gasteiger partial charge in [-0.1, -0.05) is 0 Å². The summed E-state index contributed by atoms with van der Waals surface area (Å²) < 4.78 is 0. The second kappa shape index (κ2) is 10.7. The van der Waals surface area contributed by atoms with Gasteiger partial charge in [-0.2, -0.15) is 0 Å². The van der Waals surface area contributed by atoms with Crippen LogP contribution in [-0.4, -0.2) is 119 Å². The van der Waals surface area contributed by atoms with Crippen LogP contribution in [0.4, 0.5) is 0 Å². The van der Waals surface area contributed by atoms with Crippen LogP contribution in [0.5, 0.6) is 0 Å². The largest absolute Gasteiger partial charge is 0.480 e. The van der Waals surface area contributed by atoms with E-state index < -0.39 is 23.9 Å². The molecule has 1 saturated heterocycles. The highest BCUT2D eigenvalue weighted by Gasteiger charge is 2.28. The van der Waals surface area contributed by atoms with Gasteiger partial charge in [0, 0.05) is 52.2 Å². The van der Waals surface area contributed by atoms with Gasteiger partial charge in [-0.3, -0.25) is 33.9 Å². The highest BCUT2D eigenvalue weighted by molar-refractivity contribution is 5.76. The van der Waals surface area contributed by atoms with Crippen LogP contribution in [0.25, 0.3) is 0 Å². The molecule has 0 aromatic rings. The Morgan fingerprint density at radius 2 is 1.35 bits per heavy atom. The van der Waals surface area contributed by atoms with Crippen molar-refractivity contribution in [3.63, 3.8) is 0 Å². The van der Waals surface area contributed by atoms with E-state index in [9.17, 15) is 24.3 Å². The summed E-state index contributed by atoms with van der Waals surface area (Å²) in [4.78, 5) is 50.0. The van der Waals surface area contributed by atoms with E-state index in [-0.39, 0.29) is 45.1 Å². The molecule has 26 heavy (non-hydrogen) atoms. The molecule has 1 fully saturated rings. The molecule has 0 aliphatic carbocycles. The molecule has 148 valence electrons. The Balaban J connectivity index is 3.03. The van der Waals surface area contributed by atoms with Crippen LogP contribution in [0.3, 0.4) is 0 Å². The molecular formula is C15H26N4O7. The summed E-state index contributed by atoms with van der Waals surface area (Å²) in [7, 11) is 1.47. The summed E-state index contributed by atoms with van der Waals surface area (Å²) in [5, 5.41) is 29.8. The molecule has 1 atom stereocenters. The smallest absolute Gasteiger partial charge is 0.317 e. The molecule has 0 aromatic heterocycles. The number of carboxylic acids is 3. The van der Waals surface area contributed by atoms with Crippen LogP contribution in [0.2, 0.25) is 0 Å². The Hall–Kier alpha value is -2.24. The minimum absolute atomic E-state index is 0.0266. The summed E-state index contributed by atoms with van der Waals surface area (Å²) in [6.07, 6.45) is 0.0266. The van der Waals surface area contributed by atoms with Gasteiger partial charge < -0.3 is 20.6 Å². The first-order valence-corrected chi connectivity index (χ1v) is 8.26. The van der Waals surface area contributed by atoms with Crippen molar-refractivity contribution in [1.82, 2.24) is 20.0 Å². The molecule has 1 aliphatic rings. The Bertz CT molecular complexity index is 528. The standard InChI is InChI=1S/C15H26N4O7/c1-16-12(20)6-11-7-18(9-14(23)24)3-2-17(8-13(21)22)4-5-19(11)10-15(25)26/h11H,2-10H2,1H3,(H,16,20)(H,21,22)(H,23,24)(H,25,26). The molecule has 0 spiro atoms. The van der Waals surface area contributed by atoms with Crippen molar-refractivity contribution >= 4 is 23.8 Å². The number of carbonyl (C=O) groups is 4. The predicted molar refractivity (Wildman–Crippen MR) is 89.8 cm³/mol. The number of hydrogen-bond acceptors (Lipinski definition) is 7. The topological polar surface area (TPSA) is 151 Å². The maximum atomic E-state index is 11.8. The summed E-state index contributed by atoms with van der Waals surface area (Å²) in [6, 6.07) is -0.491. The van der Waals surface area contributed by atoms with E-state index in [1.54, 1.807) is 14.7 Å². The van der Waals surface area contributed by atoms with Gasteiger partial charge >= 0.3 is 17.9 Å². The van der Waals surface area contributed by atoms with Crippen molar-refractivity contribution < 1.29 is 34.5 Å². The molecule has 4 N–H and O–H groups in total. The third kappa shape index (κ3) is 8.23. The van der Waals surface area contributed by atoms with Crippen molar-refractivity contribution in [3.8, 4) is 0 Å². The summed E-state index contributed by atoms with van der Waals surface area (Å²) >= 11 is 0. The Morgan fingerprint density at radius 3 is 1.88 bits per heavy atom. The van der Waals surface area contributed by atoms with E-state index in [4.69, 9.17) is 10.2 Å². The number of hydrogen-bond donors (Lipinski definition) is 4. The molecule has 1 rings (SSSR count). The Kier molecular flexibility index (Phi) is 8.96. The Labute approximate surface area is 151 Å². The first-order valence-electron chi connectivity index (χ1n) is 8.26. The molecule has 0 radical (unpaired) electrons. The van der Waals surface area contributed by atoms with E-state index in [1.807, 2.05) is 0 Å². The second-order valence-corrected chi connectivity index (χ2v) is 6.19. The predicted octanol–water partition coefficient (Wildman–Crippen LogP) is -2.34. The lowest BCUT2D eigenvalue weighted by atomic mass is 10.1. The molecule has 11 nitrogen and oxygen atoms in total. The zero-order chi connectivity index (χ0) is 19.7. The minimum Gasteiger partial charge on any atom is -0.480 e. The third-order valence-corrected chi connectivity index (χ3v) is 4.18. The van der Waals surface area contributed by atoms with Gasteiger partial charge in [0.1, 0.15) is 0 Å². The van der Waals surface area contributed by atoms with Gasteiger partial charge in [-0.25, -0.2) is 0 Å². The molecule has 1 amide bonds. The number of carbonyl (C=O) groups excluding carboxylic acids is 1. The van der Waals surface area contributed by atoms with Gasteiger partial charge in [0.05, 0.1) is 19.6 Å². The second-order valence-electron chi connectivity index (χ2n) is 6.19. The first-order chi connectivity index (χ1) is 12.2. The van der Waals surface area contributed by atoms with Crippen LogP contribution < -0.4 is 5.32 Å². The number of nitrogens with one attached hydrogen (secondary N) is 1. The van der Waals surface area contributed by atoms with E-state index in [0.29, 0.717) is 19.6 Å². The zero-order valence-corrected chi connectivity index (χ0v) is 14.8. The Morgan fingerprint density at radius 1 is 0.846 bits per heavy atom. The summed E-state index contributed by atoms with van der Waals surface area (Å²) in [5.74, 6) is -3.40. The van der Waals surface area contributed by atoms with E-state index in [2.05, 4.69) is 5.32 Å². The van der Waals surface area contributed by atoms with Gasteiger partial charge in [0.2, 0.25) is 5.91 Å². The maximum absolute atomic E-state index is 11.8. The van der Waals surface area contributed by atoms with Crippen LogP contribution in [0, 0.1) is 0 Å². The fourth-order valence-corrected chi connectivity index (χ4v) is 2.93. The van der Waals surface area contributed by atoms with Crippen molar-refractivity contribution in [2.45, 2.75) is 12.5 Å². The van der Waals surface area contributed by atoms with E-state index >= 15 is 0 Å². The lowest BCUT2D eigenvalue weighted by Gasteiger charge is -2.32. The molecule has 0 bridgehead atoms. The van der Waals surface area contributed by atoms with Crippen molar-refractivity contribution in [3.05, 3.63) is 0 Å². The molecule has 11 heteroatoms. The van der Waals surface area contributed by atoms with Gasteiger partial charge in [-0.05, 0) is 0 Å². The number of nitrogens with zero attached hydrogens (tertiary/aromatic N) is 3. The lowest BCUT2D eigenvalue weighted by molar-refractivity contribution is -0.141. The highest BCUT2D eigenvalue weighted by Crippen LogP contribution is 2.11. The minimum atomic E-state index is -1.07. The quantitative estimate of drug-likeness (QED) is 0.364. The number of rotatable bonds is 8.